The van der Waals surface area contributed by atoms with Gasteiger partial charge in [0.15, 0.2) is 5.65 Å². The summed E-state index contributed by atoms with van der Waals surface area (Å²) in [5.41, 5.74) is 0.823. The van der Waals surface area contributed by atoms with Crippen LogP contribution in [0.1, 0.15) is 25.7 Å². The molecule has 0 aliphatic heterocycles. The lowest BCUT2D eigenvalue weighted by atomic mass is 9.92. The summed E-state index contributed by atoms with van der Waals surface area (Å²) in [4.78, 5) is 4.45. The van der Waals surface area contributed by atoms with Crippen molar-refractivity contribution in [3.8, 4) is 5.88 Å². The van der Waals surface area contributed by atoms with Gasteiger partial charge in [-0.2, -0.15) is 10.1 Å². The van der Waals surface area contributed by atoms with Crippen molar-refractivity contribution in [3.05, 3.63) is 24.5 Å². The van der Waals surface area contributed by atoms with Gasteiger partial charge in [-0.25, -0.2) is 4.52 Å². The quantitative estimate of drug-likeness (QED) is 0.894. The molecule has 5 nitrogen and oxygen atoms in total. The predicted octanol–water partition coefficient (Wildman–Crippen LogP) is 1.64. The molecule has 0 amide bonds. The van der Waals surface area contributed by atoms with Gasteiger partial charge in [0.25, 0.3) is 0 Å². The van der Waals surface area contributed by atoms with Gasteiger partial charge in [-0.15, -0.1) is 0 Å². The van der Waals surface area contributed by atoms with E-state index in [-0.39, 0.29) is 6.10 Å². The zero-order valence-electron chi connectivity index (χ0n) is 10.5. The second-order valence-corrected chi connectivity index (χ2v) is 4.74. The summed E-state index contributed by atoms with van der Waals surface area (Å²) in [6.07, 6.45) is 8.63. The molecule has 2 unspecified atom stereocenters. The Bertz CT molecular complexity index is 524. The lowest BCUT2D eigenvalue weighted by molar-refractivity contribution is 0.113. The molecule has 0 radical (unpaired) electrons. The van der Waals surface area contributed by atoms with Gasteiger partial charge in [0.05, 0.1) is 6.20 Å². The Morgan fingerprint density at radius 3 is 3.11 bits per heavy atom. The summed E-state index contributed by atoms with van der Waals surface area (Å²) in [5.74, 6) is 0.690. The highest BCUT2D eigenvalue weighted by molar-refractivity contribution is 5.37. The zero-order valence-corrected chi connectivity index (χ0v) is 10.5. The van der Waals surface area contributed by atoms with E-state index in [2.05, 4.69) is 15.4 Å². The van der Waals surface area contributed by atoms with Crippen LogP contribution < -0.4 is 10.1 Å². The van der Waals surface area contributed by atoms with Crippen LogP contribution >= 0.6 is 0 Å². The Kier molecular flexibility index (Phi) is 3.15. The van der Waals surface area contributed by atoms with Crippen molar-refractivity contribution >= 4 is 5.65 Å². The summed E-state index contributed by atoms with van der Waals surface area (Å²) in [6, 6.07) is 4.19. The molecule has 0 spiro atoms. The van der Waals surface area contributed by atoms with Crippen molar-refractivity contribution in [2.45, 2.75) is 37.8 Å². The van der Waals surface area contributed by atoms with E-state index >= 15 is 0 Å². The molecule has 2 aromatic heterocycles. The van der Waals surface area contributed by atoms with Crippen molar-refractivity contribution in [1.29, 1.82) is 0 Å². The van der Waals surface area contributed by atoms with Gasteiger partial charge in [0, 0.05) is 24.4 Å². The van der Waals surface area contributed by atoms with Gasteiger partial charge in [0.1, 0.15) is 6.10 Å². The molecule has 2 aromatic rings. The van der Waals surface area contributed by atoms with Crippen molar-refractivity contribution in [1.82, 2.24) is 19.9 Å². The summed E-state index contributed by atoms with van der Waals surface area (Å²) in [7, 11) is 2.00. The maximum absolute atomic E-state index is 6.02. The number of aromatic nitrogens is 3. The van der Waals surface area contributed by atoms with Crippen LogP contribution in [0.15, 0.2) is 24.5 Å². The molecule has 0 saturated heterocycles. The SMILES string of the molecule is CNC1CCCCC1Oc1ccn2nccc2n1. The third-order valence-electron chi connectivity index (χ3n) is 3.58. The summed E-state index contributed by atoms with van der Waals surface area (Å²) < 4.78 is 7.76. The van der Waals surface area contributed by atoms with Crippen LogP contribution in [-0.2, 0) is 0 Å². The van der Waals surface area contributed by atoms with Gasteiger partial charge < -0.3 is 10.1 Å². The van der Waals surface area contributed by atoms with E-state index in [9.17, 15) is 0 Å². The van der Waals surface area contributed by atoms with E-state index in [1.807, 2.05) is 25.4 Å². The van der Waals surface area contributed by atoms with Crippen molar-refractivity contribution < 1.29 is 4.74 Å². The fourth-order valence-corrected chi connectivity index (χ4v) is 2.58. The molecule has 0 bridgehead atoms. The zero-order chi connectivity index (χ0) is 12.4. The van der Waals surface area contributed by atoms with Crippen LogP contribution in [0.3, 0.4) is 0 Å². The number of nitrogens with zero attached hydrogens (tertiary/aromatic N) is 3. The Labute approximate surface area is 106 Å². The first-order valence-electron chi connectivity index (χ1n) is 6.51. The van der Waals surface area contributed by atoms with Gasteiger partial charge in [-0.3, -0.25) is 0 Å². The molecule has 1 aliphatic rings. The van der Waals surface area contributed by atoms with E-state index in [4.69, 9.17) is 4.74 Å². The standard InChI is InChI=1S/C13H18N4O/c1-14-10-4-2-3-5-11(10)18-13-7-9-17-12(16-13)6-8-15-17/h6-11,14H,2-5H2,1H3. The van der Waals surface area contributed by atoms with Crippen molar-refractivity contribution in [2.75, 3.05) is 7.05 Å². The van der Waals surface area contributed by atoms with E-state index < -0.39 is 0 Å². The fraction of sp³-hybridized carbons (Fsp3) is 0.538. The number of hydrogen-bond donors (Lipinski definition) is 1. The normalized spacial score (nSPS) is 24.3. The first kappa shape index (κ1) is 11.5. The van der Waals surface area contributed by atoms with Crippen LogP contribution in [0.4, 0.5) is 0 Å². The monoisotopic (exact) mass is 246 g/mol. The first-order valence-corrected chi connectivity index (χ1v) is 6.51. The second-order valence-electron chi connectivity index (χ2n) is 4.74. The number of fused-ring (bicyclic) bond motifs is 1. The smallest absolute Gasteiger partial charge is 0.217 e. The lowest BCUT2D eigenvalue weighted by Gasteiger charge is -2.31. The molecule has 2 atom stereocenters. The van der Waals surface area contributed by atoms with E-state index in [1.165, 1.54) is 19.3 Å². The highest BCUT2D eigenvalue weighted by Gasteiger charge is 2.25. The first-order chi connectivity index (χ1) is 8.86. The highest BCUT2D eigenvalue weighted by atomic mass is 16.5. The van der Waals surface area contributed by atoms with E-state index in [1.54, 1.807) is 10.7 Å². The van der Waals surface area contributed by atoms with Gasteiger partial charge in [-0.05, 0) is 26.3 Å². The maximum atomic E-state index is 6.02. The van der Waals surface area contributed by atoms with Gasteiger partial charge in [-0.1, -0.05) is 6.42 Å². The number of likely N-dealkylation sites (N-methyl/N-ethyl adjacent to an activating group) is 1. The Morgan fingerprint density at radius 2 is 2.22 bits per heavy atom. The number of ether oxygens (including phenoxy) is 1. The lowest BCUT2D eigenvalue weighted by Crippen LogP contribution is -2.43. The number of hydrogen-bond acceptors (Lipinski definition) is 4. The number of rotatable bonds is 3. The molecule has 0 aromatic carbocycles. The molecule has 1 fully saturated rings. The van der Waals surface area contributed by atoms with Crippen LogP contribution in [0.25, 0.3) is 5.65 Å². The third-order valence-corrected chi connectivity index (χ3v) is 3.58. The topological polar surface area (TPSA) is 51.5 Å². The Morgan fingerprint density at radius 1 is 1.33 bits per heavy atom. The second kappa shape index (κ2) is 4.94. The molecule has 5 heteroatoms. The maximum Gasteiger partial charge on any atom is 0.217 e. The van der Waals surface area contributed by atoms with Crippen LogP contribution in [0.5, 0.6) is 5.88 Å². The molecular formula is C13H18N4O. The molecule has 1 N–H and O–H groups in total. The molecule has 1 saturated carbocycles. The Balaban J connectivity index is 1.77. The molecular weight excluding hydrogens is 228 g/mol. The van der Waals surface area contributed by atoms with Crippen LogP contribution in [0.2, 0.25) is 0 Å². The molecule has 96 valence electrons. The molecule has 3 rings (SSSR count). The minimum atomic E-state index is 0.224. The minimum Gasteiger partial charge on any atom is -0.473 e. The fourth-order valence-electron chi connectivity index (χ4n) is 2.58. The van der Waals surface area contributed by atoms with E-state index in [0.29, 0.717) is 11.9 Å². The minimum absolute atomic E-state index is 0.224. The van der Waals surface area contributed by atoms with Gasteiger partial charge in [0.2, 0.25) is 5.88 Å². The molecule has 2 heterocycles. The van der Waals surface area contributed by atoms with Crippen molar-refractivity contribution in [2.24, 2.45) is 0 Å². The van der Waals surface area contributed by atoms with Crippen LogP contribution in [-0.4, -0.2) is 33.8 Å². The number of nitrogens with one attached hydrogen (secondary N) is 1. The Hall–Kier alpha value is -1.62. The van der Waals surface area contributed by atoms with Gasteiger partial charge >= 0.3 is 0 Å². The average molecular weight is 246 g/mol. The summed E-state index contributed by atoms with van der Waals surface area (Å²) >= 11 is 0. The highest BCUT2D eigenvalue weighted by Crippen LogP contribution is 2.23. The average Bonchev–Trinajstić information content (AvgIpc) is 2.87. The molecule has 1 aliphatic carbocycles. The summed E-state index contributed by atoms with van der Waals surface area (Å²) in [6.45, 7) is 0. The van der Waals surface area contributed by atoms with Crippen molar-refractivity contribution in [3.63, 3.8) is 0 Å². The summed E-state index contributed by atoms with van der Waals surface area (Å²) in [5, 5.41) is 7.46. The third kappa shape index (κ3) is 2.18. The largest absolute Gasteiger partial charge is 0.473 e. The van der Waals surface area contributed by atoms with Crippen LogP contribution in [0, 0.1) is 0 Å². The predicted molar refractivity (Wildman–Crippen MR) is 68.7 cm³/mol. The molecule has 18 heavy (non-hydrogen) atoms. The van der Waals surface area contributed by atoms with E-state index in [0.717, 1.165) is 12.1 Å².